The SMILES string of the molecule is NCc1cccc(CCCCCNCCC(=O)N[C@H](CCC(=O)[O-])C(=O)NO)c1.[Na+]. The summed E-state index contributed by atoms with van der Waals surface area (Å²) in [5.41, 5.74) is 9.49. The monoisotopic (exact) mass is 430 g/mol. The van der Waals surface area contributed by atoms with Crippen molar-refractivity contribution >= 4 is 17.8 Å². The molecule has 1 atom stereocenters. The molecule has 1 aromatic rings. The molecule has 1 rings (SSSR count). The zero-order chi connectivity index (χ0) is 21.5. The Balaban J connectivity index is 0.00000841. The van der Waals surface area contributed by atoms with E-state index in [4.69, 9.17) is 10.9 Å². The van der Waals surface area contributed by atoms with E-state index in [1.54, 1.807) is 0 Å². The molecule has 0 saturated carbocycles. The summed E-state index contributed by atoms with van der Waals surface area (Å²) in [7, 11) is 0. The van der Waals surface area contributed by atoms with Gasteiger partial charge in [0.25, 0.3) is 5.91 Å². The molecule has 0 saturated heterocycles. The zero-order valence-electron chi connectivity index (χ0n) is 17.6. The van der Waals surface area contributed by atoms with Crippen LogP contribution >= 0.6 is 0 Å². The van der Waals surface area contributed by atoms with E-state index in [0.717, 1.165) is 37.8 Å². The summed E-state index contributed by atoms with van der Waals surface area (Å²) in [5.74, 6) is -2.59. The number of hydrogen-bond acceptors (Lipinski definition) is 7. The first-order chi connectivity index (χ1) is 14.0. The van der Waals surface area contributed by atoms with Crippen LogP contribution < -0.4 is 56.5 Å². The number of carboxylic acid groups (broad SMARTS) is 1. The predicted octanol–water partition coefficient (Wildman–Crippen LogP) is -3.64. The second kappa shape index (κ2) is 17.2. The number of nitrogens with two attached hydrogens (primary N) is 1. The molecule has 0 heterocycles. The van der Waals surface area contributed by atoms with Gasteiger partial charge in [0, 0.05) is 25.5 Å². The second-order valence-corrected chi connectivity index (χ2v) is 6.84. The van der Waals surface area contributed by atoms with Gasteiger partial charge in [0.2, 0.25) is 5.91 Å². The molecule has 10 heteroatoms. The first-order valence-electron chi connectivity index (χ1n) is 9.88. The number of aryl methyl sites for hydroxylation is 1. The van der Waals surface area contributed by atoms with Gasteiger partial charge in [-0.05, 0) is 49.8 Å². The van der Waals surface area contributed by atoms with E-state index >= 15 is 0 Å². The van der Waals surface area contributed by atoms with Gasteiger partial charge in [-0.25, -0.2) is 5.48 Å². The van der Waals surface area contributed by atoms with Crippen LogP contribution in [0.4, 0.5) is 0 Å². The van der Waals surface area contributed by atoms with Crippen molar-refractivity contribution in [3.05, 3.63) is 35.4 Å². The van der Waals surface area contributed by atoms with E-state index < -0.39 is 30.2 Å². The van der Waals surface area contributed by atoms with E-state index in [0.29, 0.717) is 13.1 Å². The molecule has 162 valence electrons. The van der Waals surface area contributed by atoms with Crippen molar-refractivity contribution in [2.24, 2.45) is 5.73 Å². The standard InChI is InChI=1S/C20H32N4O5.Na/c21-14-16-7-4-6-15(13-16)5-2-1-3-11-22-12-10-18(25)23-17(20(28)24-29)8-9-19(26)27;/h4,6-7,13,17,22,29H,1-3,5,8-12,14,21H2,(H,23,25)(H,24,28)(H,26,27);/q;+1/p-1/t17-;/m1./s1. The maximum Gasteiger partial charge on any atom is 1.00 e. The molecular weight excluding hydrogens is 399 g/mol. The molecule has 9 nitrogen and oxygen atoms in total. The predicted molar refractivity (Wildman–Crippen MR) is 105 cm³/mol. The molecule has 0 fully saturated rings. The molecule has 1 aromatic carbocycles. The van der Waals surface area contributed by atoms with Crippen molar-refractivity contribution < 1.29 is 54.3 Å². The first-order valence-corrected chi connectivity index (χ1v) is 9.88. The molecule has 0 bridgehead atoms. The summed E-state index contributed by atoms with van der Waals surface area (Å²) in [6, 6.07) is 7.17. The van der Waals surface area contributed by atoms with Crippen LogP contribution in [0.3, 0.4) is 0 Å². The molecule has 0 aliphatic carbocycles. The Morgan fingerprint density at radius 1 is 1.07 bits per heavy atom. The molecule has 6 N–H and O–H groups in total. The molecule has 0 radical (unpaired) electrons. The zero-order valence-corrected chi connectivity index (χ0v) is 19.6. The van der Waals surface area contributed by atoms with E-state index in [1.165, 1.54) is 11.0 Å². The fourth-order valence-electron chi connectivity index (χ4n) is 2.87. The number of amides is 2. The first kappa shape index (κ1) is 28.5. The minimum absolute atomic E-state index is 0. The summed E-state index contributed by atoms with van der Waals surface area (Å²) in [6.07, 6.45) is 3.73. The Hall–Kier alpha value is -1.49. The maximum absolute atomic E-state index is 11.9. The number of carbonyl (C=O) groups excluding carboxylic acids is 3. The summed E-state index contributed by atoms with van der Waals surface area (Å²) < 4.78 is 0. The third-order valence-electron chi connectivity index (χ3n) is 4.47. The Kier molecular flexibility index (Phi) is 16.4. The van der Waals surface area contributed by atoms with Gasteiger partial charge < -0.3 is 26.3 Å². The van der Waals surface area contributed by atoms with Crippen LogP contribution in [-0.2, 0) is 27.3 Å². The Bertz CT molecular complexity index is 660. The summed E-state index contributed by atoms with van der Waals surface area (Å²) in [4.78, 5) is 33.8. The number of rotatable bonds is 15. The van der Waals surface area contributed by atoms with Crippen LogP contribution in [0.5, 0.6) is 0 Å². The minimum Gasteiger partial charge on any atom is -0.550 e. The average Bonchev–Trinajstić information content (AvgIpc) is 2.72. The molecule has 0 aliphatic rings. The Morgan fingerprint density at radius 2 is 1.80 bits per heavy atom. The van der Waals surface area contributed by atoms with Crippen molar-refractivity contribution in [2.75, 3.05) is 13.1 Å². The molecule has 30 heavy (non-hydrogen) atoms. The minimum atomic E-state index is -1.33. The Morgan fingerprint density at radius 3 is 2.47 bits per heavy atom. The van der Waals surface area contributed by atoms with Crippen LogP contribution in [0.2, 0.25) is 0 Å². The number of carboxylic acids is 1. The van der Waals surface area contributed by atoms with Crippen LogP contribution in [-0.4, -0.2) is 42.1 Å². The second-order valence-electron chi connectivity index (χ2n) is 6.84. The van der Waals surface area contributed by atoms with Crippen LogP contribution in [0.25, 0.3) is 0 Å². The topological polar surface area (TPSA) is 157 Å². The molecule has 0 aromatic heterocycles. The van der Waals surface area contributed by atoms with Crippen molar-refractivity contribution in [3.8, 4) is 0 Å². The smallest absolute Gasteiger partial charge is 0.550 e. The molecular formula is C20H31N4NaO5. The van der Waals surface area contributed by atoms with E-state index in [1.807, 2.05) is 12.1 Å². The number of benzene rings is 1. The molecule has 0 aliphatic heterocycles. The van der Waals surface area contributed by atoms with Crippen molar-refractivity contribution in [1.29, 1.82) is 0 Å². The van der Waals surface area contributed by atoms with Crippen molar-refractivity contribution in [2.45, 2.75) is 57.5 Å². The summed E-state index contributed by atoms with van der Waals surface area (Å²) in [5, 5.41) is 24.7. The van der Waals surface area contributed by atoms with Gasteiger partial charge in [0.15, 0.2) is 0 Å². The molecule has 0 spiro atoms. The van der Waals surface area contributed by atoms with Gasteiger partial charge in [-0.15, -0.1) is 0 Å². The third kappa shape index (κ3) is 12.9. The normalized spacial score (nSPS) is 11.3. The van der Waals surface area contributed by atoms with E-state index in [9.17, 15) is 19.5 Å². The largest absolute Gasteiger partial charge is 1.00 e. The Labute approximate surface area is 199 Å². The van der Waals surface area contributed by atoms with Crippen LogP contribution in [0, 0.1) is 0 Å². The summed E-state index contributed by atoms with van der Waals surface area (Å²) in [6.45, 7) is 1.77. The van der Waals surface area contributed by atoms with Crippen molar-refractivity contribution in [1.82, 2.24) is 16.1 Å². The number of aliphatic carboxylic acids is 1. The number of hydrogen-bond donors (Lipinski definition) is 5. The van der Waals surface area contributed by atoms with Gasteiger partial charge in [0.1, 0.15) is 6.04 Å². The number of nitrogens with one attached hydrogen (secondary N) is 3. The van der Waals surface area contributed by atoms with Gasteiger partial charge in [0.05, 0.1) is 0 Å². The fraction of sp³-hybridized carbons (Fsp3) is 0.550. The van der Waals surface area contributed by atoms with Gasteiger partial charge >= 0.3 is 29.6 Å². The van der Waals surface area contributed by atoms with Gasteiger partial charge in [-0.2, -0.15) is 0 Å². The fourth-order valence-corrected chi connectivity index (χ4v) is 2.87. The van der Waals surface area contributed by atoms with Crippen molar-refractivity contribution in [3.63, 3.8) is 0 Å². The van der Waals surface area contributed by atoms with Crippen LogP contribution in [0.1, 0.15) is 49.7 Å². The third-order valence-corrected chi connectivity index (χ3v) is 4.47. The van der Waals surface area contributed by atoms with E-state index in [2.05, 4.69) is 22.8 Å². The summed E-state index contributed by atoms with van der Waals surface area (Å²) >= 11 is 0. The number of hydroxylamine groups is 1. The van der Waals surface area contributed by atoms with Gasteiger partial charge in [-0.1, -0.05) is 30.7 Å². The average molecular weight is 430 g/mol. The molecule has 2 amide bonds. The van der Waals surface area contributed by atoms with Gasteiger partial charge in [-0.3, -0.25) is 14.8 Å². The number of carbonyl (C=O) groups is 3. The van der Waals surface area contributed by atoms with Crippen LogP contribution in [0.15, 0.2) is 24.3 Å². The van der Waals surface area contributed by atoms with E-state index in [-0.39, 0.29) is 42.4 Å². The quantitative estimate of drug-likeness (QED) is 0.0831. The molecule has 0 unspecified atom stereocenters. The maximum atomic E-state index is 11.9. The number of unbranched alkanes of at least 4 members (excludes halogenated alkanes) is 2.